The molecular formula is C19H43N2O3+. The van der Waals surface area contributed by atoms with Crippen LogP contribution in [0.5, 0.6) is 0 Å². The predicted octanol–water partition coefficient (Wildman–Crippen LogP) is 3.19. The third-order valence-corrected chi connectivity index (χ3v) is 4.36. The highest BCUT2D eigenvalue weighted by molar-refractivity contribution is 4.49. The Labute approximate surface area is 149 Å². The number of hydrogen-bond acceptors (Lipinski definition) is 4. The van der Waals surface area contributed by atoms with Crippen molar-refractivity contribution >= 4 is 0 Å². The summed E-state index contributed by atoms with van der Waals surface area (Å²) in [6, 6.07) is 0. The second-order valence-electron chi connectivity index (χ2n) is 7.84. The highest BCUT2D eigenvalue weighted by atomic mass is 16.5. The van der Waals surface area contributed by atoms with E-state index in [4.69, 9.17) is 20.8 Å². The largest absolute Gasteiger partial charge is 0.381 e. The van der Waals surface area contributed by atoms with Crippen LogP contribution in [0.15, 0.2) is 0 Å². The lowest BCUT2D eigenvalue weighted by atomic mass is 10.0. The van der Waals surface area contributed by atoms with Crippen LogP contribution in [0.3, 0.4) is 0 Å². The number of unbranched alkanes of at least 4 members (excludes halogenated alkanes) is 7. The van der Waals surface area contributed by atoms with E-state index >= 15 is 0 Å². The molecule has 146 valence electrons. The molecule has 0 aliphatic carbocycles. The zero-order valence-electron chi connectivity index (χ0n) is 16.4. The van der Waals surface area contributed by atoms with Gasteiger partial charge in [0.05, 0.1) is 20.2 Å². The van der Waals surface area contributed by atoms with E-state index in [0.29, 0.717) is 13.2 Å². The van der Waals surface area contributed by atoms with Crippen molar-refractivity contribution in [2.75, 3.05) is 33.4 Å². The van der Waals surface area contributed by atoms with Gasteiger partial charge < -0.3 is 14.9 Å². The number of rotatable bonds is 17. The molecule has 0 aliphatic rings. The maximum Gasteiger partial charge on any atom is 0.204 e. The molecule has 0 rings (SSSR count). The van der Waals surface area contributed by atoms with Gasteiger partial charge in [-0.2, -0.15) is 5.84 Å². The SMILES string of the molecule is CC(C)CCCCCCCCCCOCCC[N+](C)(N)CC(O)O. The first-order valence-corrected chi connectivity index (χ1v) is 9.90. The van der Waals surface area contributed by atoms with Gasteiger partial charge in [-0.1, -0.05) is 65.2 Å². The Balaban J connectivity index is 3.20. The quantitative estimate of drug-likeness (QED) is 0.124. The fourth-order valence-electron chi connectivity index (χ4n) is 2.91. The summed E-state index contributed by atoms with van der Waals surface area (Å²) in [4.78, 5) is 0. The Morgan fingerprint density at radius 2 is 1.33 bits per heavy atom. The van der Waals surface area contributed by atoms with Crippen molar-refractivity contribution in [2.45, 2.75) is 84.3 Å². The molecule has 0 aromatic rings. The number of hydrogen-bond donors (Lipinski definition) is 3. The topological polar surface area (TPSA) is 75.7 Å². The van der Waals surface area contributed by atoms with Crippen LogP contribution in [0.2, 0.25) is 0 Å². The zero-order valence-corrected chi connectivity index (χ0v) is 16.4. The van der Waals surface area contributed by atoms with E-state index in [1.165, 1.54) is 51.4 Å². The molecule has 5 heteroatoms. The van der Waals surface area contributed by atoms with Crippen LogP contribution in [-0.2, 0) is 4.74 Å². The van der Waals surface area contributed by atoms with Crippen LogP contribution in [0.25, 0.3) is 0 Å². The van der Waals surface area contributed by atoms with Crippen molar-refractivity contribution in [3.05, 3.63) is 0 Å². The normalized spacial score (nSPS) is 14.5. The molecule has 0 fully saturated rings. The number of likely N-dealkylation sites (N-methyl/N-ethyl adjacent to an activating group) is 1. The van der Waals surface area contributed by atoms with Gasteiger partial charge in [-0.3, -0.25) is 0 Å². The maximum atomic E-state index is 8.94. The molecule has 1 unspecified atom stereocenters. The van der Waals surface area contributed by atoms with Gasteiger partial charge in [-0.15, -0.1) is 0 Å². The molecule has 0 amide bonds. The van der Waals surface area contributed by atoms with E-state index in [1.807, 2.05) is 0 Å². The van der Waals surface area contributed by atoms with Gasteiger partial charge >= 0.3 is 0 Å². The van der Waals surface area contributed by atoms with Crippen molar-refractivity contribution in [3.8, 4) is 0 Å². The Morgan fingerprint density at radius 3 is 1.88 bits per heavy atom. The van der Waals surface area contributed by atoms with Crippen LogP contribution in [0, 0.1) is 5.92 Å². The fourth-order valence-corrected chi connectivity index (χ4v) is 2.91. The van der Waals surface area contributed by atoms with E-state index < -0.39 is 6.29 Å². The summed E-state index contributed by atoms with van der Waals surface area (Å²) in [5, 5.41) is 17.9. The molecule has 0 aromatic heterocycles. The fraction of sp³-hybridized carbons (Fsp3) is 1.00. The smallest absolute Gasteiger partial charge is 0.204 e. The first-order chi connectivity index (χ1) is 11.3. The van der Waals surface area contributed by atoms with Crippen molar-refractivity contribution in [1.82, 2.24) is 0 Å². The van der Waals surface area contributed by atoms with Gasteiger partial charge in [0.1, 0.15) is 6.54 Å². The second-order valence-corrected chi connectivity index (χ2v) is 7.84. The average Bonchev–Trinajstić information content (AvgIpc) is 2.45. The van der Waals surface area contributed by atoms with Gasteiger partial charge in [0.25, 0.3) is 0 Å². The summed E-state index contributed by atoms with van der Waals surface area (Å²) < 4.78 is 5.75. The summed E-state index contributed by atoms with van der Waals surface area (Å²) in [7, 11) is 1.79. The van der Waals surface area contributed by atoms with E-state index in [0.717, 1.165) is 25.4 Å². The van der Waals surface area contributed by atoms with Crippen molar-refractivity contribution < 1.29 is 19.5 Å². The molecule has 5 nitrogen and oxygen atoms in total. The lowest BCUT2D eigenvalue weighted by molar-refractivity contribution is -0.926. The standard InChI is InChI=1S/C19H43N2O3/c1-18(2)13-10-8-6-4-5-7-9-11-15-24-16-12-14-21(3,20)17-19(22)23/h18-19,22-23H,4-17,20H2,1-3H3/q+1. The Kier molecular flexibility index (Phi) is 15.0. The van der Waals surface area contributed by atoms with Crippen LogP contribution in [-0.4, -0.2) is 54.4 Å². The second kappa shape index (κ2) is 15.1. The zero-order chi connectivity index (χ0) is 18.3. The minimum Gasteiger partial charge on any atom is -0.381 e. The Hall–Kier alpha value is -0.200. The summed E-state index contributed by atoms with van der Waals surface area (Å²) >= 11 is 0. The lowest BCUT2D eigenvalue weighted by Crippen LogP contribution is -2.55. The molecule has 0 heterocycles. The van der Waals surface area contributed by atoms with Crippen LogP contribution < -0.4 is 5.84 Å². The molecule has 0 radical (unpaired) electrons. The summed E-state index contributed by atoms with van der Waals surface area (Å²) in [6.07, 6.45) is 11.5. The van der Waals surface area contributed by atoms with Gasteiger partial charge in [-0.05, 0) is 12.3 Å². The monoisotopic (exact) mass is 347 g/mol. The van der Waals surface area contributed by atoms with E-state index in [2.05, 4.69) is 13.8 Å². The highest BCUT2D eigenvalue weighted by Crippen LogP contribution is 2.12. The minimum atomic E-state index is -1.35. The molecule has 4 N–H and O–H groups in total. The molecule has 0 aliphatic heterocycles. The predicted molar refractivity (Wildman–Crippen MR) is 100 cm³/mol. The third kappa shape index (κ3) is 18.1. The van der Waals surface area contributed by atoms with Crippen LogP contribution in [0.1, 0.15) is 78.1 Å². The summed E-state index contributed by atoms with van der Waals surface area (Å²) in [5.41, 5.74) is 0. The van der Waals surface area contributed by atoms with Crippen molar-refractivity contribution in [1.29, 1.82) is 0 Å². The van der Waals surface area contributed by atoms with Gasteiger partial charge in [0, 0.05) is 13.0 Å². The molecule has 1 atom stereocenters. The molecule has 0 aromatic carbocycles. The molecule has 0 saturated heterocycles. The van der Waals surface area contributed by atoms with Crippen molar-refractivity contribution in [2.24, 2.45) is 11.8 Å². The first-order valence-electron chi connectivity index (χ1n) is 9.90. The number of nitrogens with two attached hydrogens (primary N) is 1. The van der Waals surface area contributed by atoms with Crippen LogP contribution in [0.4, 0.5) is 0 Å². The van der Waals surface area contributed by atoms with Crippen molar-refractivity contribution in [3.63, 3.8) is 0 Å². The van der Waals surface area contributed by atoms with Gasteiger partial charge in [0.15, 0.2) is 0 Å². The van der Waals surface area contributed by atoms with E-state index in [9.17, 15) is 0 Å². The lowest BCUT2D eigenvalue weighted by Gasteiger charge is -2.28. The maximum absolute atomic E-state index is 8.94. The molecular weight excluding hydrogens is 304 g/mol. The first kappa shape index (κ1) is 23.8. The number of aliphatic hydroxyl groups excluding tert-OH is 1. The van der Waals surface area contributed by atoms with Gasteiger partial charge in [-0.25, -0.2) is 4.59 Å². The molecule has 0 bridgehead atoms. The molecule has 24 heavy (non-hydrogen) atoms. The van der Waals surface area contributed by atoms with Gasteiger partial charge in [0.2, 0.25) is 6.29 Å². The molecule has 0 saturated carbocycles. The Bertz CT molecular complexity index is 271. The number of aliphatic hydroxyl groups is 2. The highest BCUT2D eigenvalue weighted by Gasteiger charge is 2.19. The Morgan fingerprint density at radius 1 is 0.833 bits per heavy atom. The molecule has 0 spiro atoms. The van der Waals surface area contributed by atoms with E-state index in [-0.39, 0.29) is 11.1 Å². The summed E-state index contributed by atoms with van der Waals surface area (Å²) in [6.45, 7) is 6.96. The average molecular weight is 348 g/mol. The van der Waals surface area contributed by atoms with E-state index in [1.54, 1.807) is 7.05 Å². The summed E-state index contributed by atoms with van der Waals surface area (Å²) in [5.74, 6) is 6.78. The number of quaternary nitrogens is 1. The number of ether oxygens (including phenoxy) is 1. The third-order valence-electron chi connectivity index (χ3n) is 4.36. The number of nitrogens with zero attached hydrogens (tertiary/aromatic N) is 1. The minimum absolute atomic E-state index is 0.123. The van der Waals surface area contributed by atoms with Crippen LogP contribution >= 0.6 is 0 Å².